The molecule has 22 heteroatoms. The molecule has 5 heterocycles. The molecular weight excluding hydrogens is 1050 g/mol. The number of nitrogens with one attached hydrogen (secondary N) is 9. The summed E-state index contributed by atoms with van der Waals surface area (Å²) in [5.41, 5.74) is 2.28. The van der Waals surface area contributed by atoms with Crippen molar-refractivity contribution in [1.82, 2.24) is 47.5 Å². The summed E-state index contributed by atoms with van der Waals surface area (Å²) in [6.07, 6.45) is 17.7. The topological polar surface area (TPSA) is 270 Å². The molecule has 10 amide bonds. The third kappa shape index (κ3) is 20.6. The number of carbonyl (C=O) groups excluding carboxylic acids is 8. The van der Waals surface area contributed by atoms with Crippen LogP contribution in [0.5, 0.6) is 0 Å². The SMILES string of the molecule is O=C(CCCCCNC(=O)CCCCCNC(=O)CCCC[C@@H]1SC[C@@H]2NC(=O)N[C@@H]21)N=c1ccc2nc3ccc(NC(=O)CCCCCNC(=O)CCCCCNC(=O)CCCC[C@@H]4SC[C@@H]5NC(=O)N[C@@H]54)cc3sc-2c1. The smallest absolute Gasteiger partial charge is 0.315 e. The predicted octanol–water partition coefficient (Wildman–Crippen LogP) is 6.92. The van der Waals surface area contributed by atoms with Gasteiger partial charge in [-0.3, -0.25) is 28.8 Å². The van der Waals surface area contributed by atoms with E-state index in [9.17, 15) is 38.4 Å². The van der Waals surface area contributed by atoms with Crippen molar-refractivity contribution in [3.63, 3.8) is 0 Å². The van der Waals surface area contributed by atoms with E-state index in [1.807, 2.05) is 53.9 Å². The number of urea groups is 2. The van der Waals surface area contributed by atoms with Gasteiger partial charge in [0.25, 0.3) is 0 Å². The number of rotatable bonds is 35. The van der Waals surface area contributed by atoms with Gasteiger partial charge in [-0.2, -0.15) is 23.5 Å². The largest absolute Gasteiger partial charge is 0.356 e. The van der Waals surface area contributed by atoms with E-state index in [1.165, 1.54) is 11.3 Å². The molecule has 0 saturated carbocycles. The fourth-order valence-electron chi connectivity index (χ4n) is 10.3. The average Bonchev–Trinajstić information content (AvgIpc) is 4.21. The monoisotopic (exact) mass is 1130 g/mol. The molecule has 6 aliphatic rings. The van der Waals surface area contributed by atoms with Crippen LogP contribution in [-0.4, -0.2) is 125 Å². The average molecular weight is 1130 g/mol. The zero-order valence-corrected chi connectivity index (χ0v) is 47.5. The molecule has 5 aliphatic heterocycles. The summed E-state index contributed by atoms with van der Waals surface area (Å²) in [4.78, 5) is 108. The molecule has 0 unspecified atom stereocenters. The highest BCUT2D eigenvalue weighted by molar-refractivity contribution is 8.00. The fraction of sp³-hybridized carbons (Fsp3) is 0.643. The van der Waals surface area contributed by atoms with Gasteiger partial charge in [0, 0.05) is 92.4 Å². The van der Waals surface area contributed by atoms with Crippen LogP contribution in [0.4, 0.5) is 15.3 Å². The lowest BCUT2D eigenvalue weighted by Crippen LogP contribution is -2.36. The fourth-order valence-corrected chi connectivity index (χ4v) is 14.5. The first-order valence-corrected chi connectivity index (χ1v) is 31.5. The van der Waals surface area contributed by atoms with Crippen molar-refractivity contribution in [2.24, 2.45) is 4.99 Å². The summed E-state index contributed by atoms with van der Waals surface area (Å²) < 4.78 is 0.894. The van der Waals surface area contributed by atoms with E-state index >= 15 is 0 Å². The first kappa shape index (κ1) is 60.2. The molecule has 1 aromatic carbocycles. The van der Waals surface area contributed by atoms with Gasteiger partial charge in [-0.25, -0.2) is 19.6 Å². The van der Waals surface area contributed by atoms with Crippen LogP contribution in [0.15, 0.2) is 41.4 Å². The van der Waals surface area contributed by atoms with E-state index < -0.39 is 0 Å². The number of benzene rings is 2. The predicted molar refractivity (Wildman–Crippen MR) is 309 cm³/mol. The zero-order chi connectivity index (χ0) is 54.9. The maximum absolute atomic E-state index is 12.8. The molecule has 0 spiro atoms. The van der Waals surface area contributed by atoms with Gasteiger partial charge in [0.05, 0.1) is 50.3 Å². The number of hydrogen-bond donors (Lipinski definition) is 9. The van der Waals surface area contributed by atoms with Gasteiger partial charge < -0.3 is 47.9 Å². The quantitative estimate of drug-likeness (QED) is 0.0166. The van der Waals surface area contributed by atoms with Crippen LogP contribution in [0.3, 0.4) is 0 Å². The van der Waals surface area contributed by atoms with Crippen LogP contribution in [0.25, 0.3) is 20.8 Å². The minimum absolute atomic E-state index is 0.0190. The number of aromatic nitrogens is 1. The first-order chi connectivity index (χ1) is 37.9. The van der Waals surface area contributed by atoms with Crippen molar-refractivity contribution in [2.45, 2.75) is 189 Å². The van der Waals surface area contributed by atoms with Crippen molar-refractivity contribution < 1.29 is 38.4 Å². The highest BCUT2D eigenvalue weighted by Crippen LogP contribution is 2.35. The Morgan fingerprint density at radius 1 is 0.513 bits per heavy atom. The molecule has 426 valence electrons. The van der Waals surface area contributed by atoms with Gasteiger partial charge in [-0.05, 0) is 113 Å². The van der Waals surface area contributed by atoms with Crippen LogP contribution in [0.1, 0.15) is 154 Å². The lowest BCUT2D eigenvalue weighted by Gasteiger charge is -2.16. The van der Waals surface area contributed by atoms with Gasteiger partial charge in [-0.15, -0.1) is 11.3 Å². The molecule has 4 fully saturated rings. The van der Waals surface area contributed by atoms with Gasteiger partial charge >= 0.3 is 12.1 Å². The zero-order valence-electron chi connectivity index (χ0n) is 45.0. The first-order valence-electron chi connectivity index (χ1n) is 28.6. The molecule has 0 aromatic heterocycles. The minimum Gasteiger partial charge on any atom is -0.356 e. The Labute approximate surface area is 470 Å². The van der Waals surface area contributed by atoms with E-state index in [4.69, 9.17) is 4.98 Å². The normalized spacial score (nSPS) is 20.3. The summed E-state index contributed by atoms with van der Waals surface area (Å²) in [6, 6.07) is 11.9. The lowest BCUT2D eigenvalue weighted by molar-refractivity contribution is -0.122. The Morgan fingerprint density at radius 2 is 0.974 bits per heavy atom. The van der Waals surface area contributed by atoms with Crippen molar-refractivity contribution >= 4 is 98.3 Å². The van der Waals surface area contributed by atoms with Crippen molar-refractivity contribution in [1.29, 1.82) is 0 Å². The molecule has 7 rings (SSSR count). The Morgan fingerprint density at radius 3 is 1.47 bits per heavy atom. The van der Waals surface area contributed by atoms with Crippen molar-refractivity contribution in [3.05, 3.63) is 41.8 Å². The summed E-state index contributed by atoms with van der Waals surface area (Å²) in [5.74, 6) is 1.79. The number of amides is 10. The van der Waals surface area contributed by atoms with Gasteiger partial charge in [0.15, 0.2) is 0 Å². The number of unbranched alkanes of at least 4 members (excludes halogenated alkanes) is 10. The standard InChI is InChI=1S/C56H81N11O8S3/c68-47(19-5-1-13-29-59-49(70)21-11-9-17-43-53-41(35-76-43)64-55(74)66-53)57-31-15-3-7-23-51(72)61-37-25-27-39-45(33-37)78-46-34-38(26-28-40(46)63-39)62-52(73)24-8-4-16-32-58-48(69)20-6-2-14-30-60-50(71)22-12-10-18-44-54-42(36-77-44)65-56(75)67-54/h25-28,33-34,41-44,53-54H,1-24,29-32,35-36H2,(H,57,68)(H,58,69)(H,59,70)(H,60,71)(H,61,72)(H2,64,66,74)(H2,65,67,75)/t41-,42-,43-,44-,53-,54-/m0/s1. The maximum Gasteiger partial charge on any atom is 0.315 e. The number of fused-ring (bicyclic) bond motifs is 4. The summed E-state index contributed by atoms with van der Waals surface area (Å²) in [5, 5.41) is 28.3. The molecule has 1 aromatic rings. The number of anilines is 1. The highest BCUT2D eigenvalue weighted by atomic mass is 32.2. The van der Waals surface area contributed by atoms with E-state index in [0.29, 0.717) is 99.1 Å². The molecule has 1 aliphatic carbocycles. The molecule has 4 saturated heterocycles. The molecule has 19 nitrogen and oxygen atoms in total. The number of nitrogens with zero attached hydrogens (tertiary/aromatic N) is 2. The van der Waals surface area contributed by atoms with E-state index in [-0.39, 0.29) is 71.7 Å². The number of thioether (sulfide) groups is 2. The summed E-state index contributed by atoms with van der Waals surface area (Å²) >= 11 is 5.31. The van der Waals surface area contributed by atoms with Crippen LogP contribution in [0, 0.1) is 0 Å². The van der Waals surface area contributed by atoms with Crippen LogP contribution < -0.4 is 53.2 Å². The Hall–Kier alpha value is -5.48. The molecule has 0 bridgehead atoms. The van der Waals surface area contributed by atoms with E-state index in [0.717, 1.165) is 135 Å². The van der Waals surface area contributed by atoms with E-state index in [2.05, 4.69) is 52.8 Å². The molecule has 0 radical (unpaired) electrons. The second-order valence-corrected chi connectivity index (χ2v) is 24.6. The van der Waals surface area contributed by atoms with E-state index in [1.54, 1.807) is 6.07 Å². The van der Waals surface area contributed by atoms with Crippen molar-refractivity contribution in [2.75, 3.05) is 43.0 Å². The molecule has 9 N–H and O–H groups in total. The Bertz CT molecular complexity index is 2550. The number of carbonyl (C=O) groups is 8. The summed E-state index contributed by atoms with van der Waals surface area (Å²) in [6.45, 7) is 2.36. The number of hydrogen-bond acceptors (Lipinski definition) is 12. The lowest BCUT2D eigenvalue weighted by atomic mass is 10.0. The van der Waals surface area contributed by atoms with Gasteiger partial charge in [0.2, 0.25) is 35.4 Å². The second-order valence-electron chi connectivity index (χ2n) is 21.0. The van der Waals surface area contributed by atoms with Gasteiger partial charge in [0.1, 0.15) is 0 Å². The second kappa shape index (κ2) is 32.6. The molecule has 6 atom stereocenters. The Kier molecular flexibility index (Phi) is 25.1. The third-order valence-corrected chi connectivity index (χ3v) is 18.8. The van der Waals surface area contributed by atoms with Crippen molar-refractivity contribution in [3.8, 4) is 10.6 Å². The van der Waals surface area contributed by atoms with Crippen LogP contribution in [-0.2, 0) is 28.8 Å². The molecular formula is C56H81N11O8S3. The van der Waals surface area contributed by atoms with Crippen LogP contribution in [0.2, 0.25) is 0 Å². The minimum atomic E-state index is -0.197. The summed E-state index contributed by atoms with van der Waals surface area (Å²) in [7, 11) is 0. The highest BCUT2D eigenvalue weighted by Gasteiger charge is 2.43. The Balaban J connectivity index is 0.656. The van der Waals surface area contributed by atoms with Crippen LogP contribution >= 0.6 is 34.9 Å². The molecule has 78 heavy (non-hydrogen) atoms. The third-order valence-electron chi connectivity index (χ3n) is 14.7. The maximum atomic E-state index is 12.8. The van der Waals surface area contributed by atoms with Gasteiger partial charge in [-0.1, -0.05) is 38.5 Å².